The minimum absolute atomic E-state index is 0.0224. The Labute approximate surface area is 217 Å². The maximum Gasteiger partial charge on any atom is 0.335 e. The summed E-state index contributed by atoms with van der Waals surface area (Å²) < 4.78 is 97.3. The van der Waals surface area contributed by atoms with E-state index in [0.29, 0.717) is 11.1 Å². The van der Waals surface area contributed by atoms with Crippen LogP contribution in [-0.2, 0) is 16.9 Å². The molecule has 4 aliphatic heterocycles. The largest absolute Gasteiger partial charge is 0.478 e. The Hall–Kier alpha value is -3.93. The van der Waals surface area contributed by atoms with E-state index >= 15 is 8.78 Å². The molecule has 39 heavy (non-hydrogen) atoms. The molecule has 0 aliphatic carbocycles. The van der Waals surface area contributed by atoms with E-state index in [0.717, 1.165) is 21.9 Å². The van der Waals surface area contributed by atoms with Crippen LogP contribution < -0.4 is 14.5 Å². The molecule has 2 saturated heterocycles. The summed E-state index contributed by atoms with van der Waals surface area (Å²) in [6.45, 7) is -2.79. The number of carbonyl (C=O) groups is 1. The number of hydrogen-bond donors (Lipinski definition) is 1. The zero-order valence-corrected chi connectivity index (χ0v) is 19.9. The Morgan fingerprint density at radius 1 is 0.769 bits per heavy atom. The van der Waals surface area contributed by atoms with Gasteiger partial charge in [-0.25, -0.2) is 31.1 Å². The predicted molar refractivity (Wildman–Crippen MR) is 125 cm³/mol. The Morgan fingerprint density at radius 2 is 1.28 bits per heavy atom. The van der Waals surface area contributed by atoms with Gasteiger partial charge in [0.2, 0.25) is 0 Å². The lowest BCUT2D eigenvalue weighted by atomic mass is 9.77. The summed E-state index contributed by atoms with van der Waals surface area (Å²) in [5.41, 5.74) is -1.01. The molecule has 0 unspecified atom stereocenters. The Kier molecular flexibility index (Phi) is 4.70. The van der Waals surface area contributed by atoms with Gasteiger partial charge < -0.3 is 24.4 Å². The highest BCUT2D eigenvalue weighted by atomic mass is 19.3. The summed E-state index contributed by atoms with van der Waals surface area (Å²) in [5.74, 6) is -8.81. The fourth-order valence-electron chi connectivity index (χ4n) is 5.79. The van der Waals surface area contributed by atoms with Gasteiger partial charge in [-0.05, 0) is 35.4 Å². The fourth-order valence-corrected chi connectivity index (χ4v) is 5.79. The van der Waals surface area contributed by atoms with Crippen molar-refractivity contribution in [1.82, 2.24) is 0 Å². The number of carboxylic acids is 1. The quantitative estimate of drug-likeness (QED) is 0.437. The van der Waals surface area contributed by atoms with E-state index < -0.39 is 61.2 Å². The second-order valence-electron chi connectivity index (χ2n) is 10.3. The number of alkyl halides is 4. The van der Waals surface area contributed by atoms with Gasteiger partial charge in [-0.15, -0.1) is 0 Å². The minimum Gasteiger partial charge on any atom is -0.478 e. The summed E-state index contributed by atoms with van der Waals surface area (Å²) >= 11 is 0. The highest BCUT2D eigenvalue weighted by molar-refractivity contribution is 5.88. The summed E-state index contributed by atoms with van der Waals surface area (Å²) in [5, 5.41) is 9.61. The van der Waals surface area contributed by atoms with Crippen LogP contribution in [0.5, 0.6) is 11.5 Å². The van der Waals surface area contributed by atoms with Crippen molar-refractivity contribution in [1.29, 1.82) is 0 Å². The first-order valence-electron chi connectivity index (χ1n) is 12.0. The molecule has 2 fully saturated rings. The smallest absolute Gasteiger partial charge is 0.335 e. The average Bonchev–Trinajstić information content (AvgIpc) is 3.21. The van der Waals surface area contributed by atoms with Gasteiger partial charge in [-0.3, -0.25) is 0 Å². The molecule has 4 heterocycles. The van der Waals surface area contributed by atoms with Crippen molar-refractivity contribution in [2.45, 2.75) is 24.1 Å². The SMILES string of the molecule is O=C(O)c1ccc2c(c1)C1(OC2)c2cc(F)c(N3CC(F)(F)C3)cc2Oc2cc(N3CC(F)(F)C3)c(F)cc21. The third-order valence-electron chi connectivity index (χ3n) is 7.63. The third kappa shape index (κ3) is 3.43. The molecule has 12 heteroatoms. The highest BCUT2D eigenvalue weighted by Crippen LogP contribution is 2.58. The van der Waals surface area contributed by atoms with E-state index in [1.807, 2.05) is 0 Å². The van der Waals surface area contributed by atoms with E-state index in [4.69, 9.17) is 9.47 Å². The van der Waals surface area contributed by atoms with Crippen LogP contribution in [0.3, 0.4) is 0 Å². The van der Waals surface area contributed by atoms with E-state index in [9.17, 15) is 27.5 Å². The molecule has 202 valence electrons. The van der Waals surface area contributed by atoms with Gasteiger partial charge in [-0.1, -0.05) is 6.07 Å². The van der Waals surface area contributed by atoms with Gasteiger partial charge in [0, 0.05) is 23.3 Å². The highest BCUT2D eigenvalue weighted by Gasteiger charge is 2.52. The number of nitrogens with zero attached hydrogens (tertiary/aromatic N) is 2. The zero-order valence-electron chi connectivity index (χ0n) is 19.9. The first-order valence-corrected chi connectivity index (χ1v) is 12.0. The Bertz CT molecular complexity index is 1500. The minimum atomic E-state index is -2.97. The molecule has 1 N–H and O–H groups in total. The molecule has 0 atom stereocenters. The number of benzene rings is 3. The fraction of sp³-hybridized carbons (Fsp3) is 0.296. The van der Waals surface area contributed by atoms with Crippen molar-refractivity contribution in [2.24, 2.45) is 0 Å². The molecule has 0 amide bonds. The normalized spacial score (nSPS) is 20.9. The Balaban J connectivity index is 1.44. The first-order chi connectivity index (χ1) is 18.4. The number of anilines is 2. The van der Waals surface area contributed by atoms with E-state index in [2.05, 4.69) is 0 Å². The van der Waals surface area contributed by atoms with Crippen LogP contribution in [0, 0.1) is 11.6 Å². The molecule has 0 saturated carbocycles. The number of carboxylic acid groups (broad SMARTS) is 1. The predicted octanol–water partition coefficient (Wildman–Crippen LogP) is 5.50. The number of rotatable bonds is 3. The van der Waals surface area contributed by atoms with Crippen LogP contribution in [0.25, 0.3) is 0 Å². The average molecular weight is 548 g/mol. The molecule has 3 aromatic carbocycles. The molecular formula is C27H18F6N2O4. The van der Waals surface area contributed by atoms with Gasteiger partial charge in [0.25, 0.3) is 11.8 Å². The number of hydrogen-bond acceptors (Lipinski definition) is 5. The van der Waals surface area contributed by atoms with Gasteiger partial charge in [0.15, 0.2) is 5.60 Å². The molecule has 1 spiro atoms. The molecule has 0 aromatic heterocycles. The Morgan fingerprint density at radius 3 is 1.74 bits per heavy atom. The summed E-state index contributed by atoms with van der Waals surface area (Å²) in [6.07, 6.45) is 0. The van der Waals surface area contributed by atoms with Crippen LogP contribution >= 0.6 is 0 Å². The van der Waals surface area contributed by atoms with Crippen LogP contribution in [0.4, 0.5) is 37.7 Å². The molecule has 7 rings (SSSR count). The first kappa shape index (κ1) is 24.1. The molecule has 0 radical (unpaired) electrons. The third-order valence-corrected chi connectivity index (χ3v) is 7.63. The lowest BCUT2D eigenvalue weighted by molar-refractivity contribution is -0.0272. The second kappa shape index (κ2) is 7.59. The maximum atomic E-state index is 15.4. The van der Waals surface area contributed by atoms with Crippen molar-refractivity contribution in [3.63, 3.8) is 0 Å². The lowest BCUT2D eigenvalue weighted by Crippen LogP contribution is -2.56. The molecule has 0 bridgehead atoms. The van der Waals surface area contributed by atoms with Crippen molar-refractivity contribution in [3.8, 4) is 11.5 Å². The van der Waals surface area contributed by atoms with E-state index in [1.54, 1.807) is 6.07 Å². The van der Waals surface area contributed by atoms with E-state index in [-0.39, 0.29) is 46.2 Å². The van der Waals surface area contributed by atoms with Gasteiger partial charge in [0.05, 0.1) is 49.7 Å². The summed E-state index contributed by atoms with van der Waals surface area (Å²) in [6, 6.07) is 8.89. The topological polar surface area (TPSA) is 62.2 Å². The summed E-state index contributed by atoms with van der Waals surface area (Å²) in [4.78, 5) is 14.1. The van der Waals surface area contributed by atoms with Crippen LogP contribution in [0.15, 0.2) is 42.5 Å². The van der Waals surface area contributed by atoms with Crippen LogP contribution in [0.2, 0.25) is 0 Å². The van der Waals surface area contributed by atoms with Gasteiger partial charge in [-0.2, -0.15) is 0 Å². The van der Waals surface area contributed by atoms with Crippen LogP contribution in [0.1, 0.15) is 32.6 Å². The van der Waals surface area contributed by atoms with E-state index in [1.165, 1.54) is 24.3 Å². The molecule has 3 aromatic rings. The molecule has 4 aliphatic rings. The number of ether oxygens (including phenoxy) is 2. The van der Waals surface area contributed by atoms with Crippen molar-refractivity contribution >= 4 is 17.3 Å². The van der Waals surface area contributed by atoms with Crippen molar-refractivity contribution in [3.05, 3.63) is 81.9 Å². The van der Waals surface area contributed by atoms with Gasteiger partial charge >= 0.3 is 5.97 Å². The second-order valence-corrected chi connectivity index (χ2v) is 10.3. The van der Waals surface area contributed by atoms with Gasteiger partial charge in [0.1, 0.15) is 23.1 Å². The molecule has 6 nitrogen and oxygen atoms in total. The van der Waals surface area contributed by atoms with Crippen molar-refractivity contribution in [2.75, 3.05) is 36.0 Å². The number of halogens is 6. The molecular weight excluding hydrogens is 530 g/mol. The number of aromatic carboxylic acids is 1. The van der Waals surface area contributed by atoms with Crippen LogP contribution in [-0.4, -0.2) is 49.1 Å². The monoisotopic (exact) mass is 548 g/mol. The number of fused-ring (bicyclic) bond motifs is 6. The van der Waals surface area contributed by atoms with Crippen molar-refractivity contribution < 1.29 is 45.7 Å². The zero-order chi connectivity index (χ0) is 27.5. The lowest BCUT2D eigenvalue weighted by Gasteiger charge is -2.43. The maximum absolute atomic E-state index is 15.4. The summed E-state index contributed by atoms with van der Waals surface area (Å²) in [7, 11) is 0. The standard InChI is InChI=1S/C27H18F6N2O4/c28-18-4-16-22(6-20(18)34-9-25(30,31)10-34)39-23-7-21(35-11-26(32,33)12-35)19(29)5-17(23)27(16)15-3-13(24(36)37)1-2-14(15)8-38-27/h1-7H,8-12H2,(H,36,37).